The van der Waals surface area contributed by atoms with Crippen LogP contribution < -0.4 is 0 Å². The summed E-state index contributed by atoms with van der Waals surface area (Å²) in [6.07, 6.45) is 0.216. The van der Waals surface area contributed by atoms with Gasteiger partial charge >= 0.3 is 5.97 Å². The van der Waals surface area contributed by atoms with E-state index in [0.29, 0.717) is 0 Å². The van der Waals surface area contributed by atoms with Crippen LogP contribution in [0.4, 0.5) is 8.78 Å². The summed E-state index contributed by atoms with van der Waals surface area (Å²) < 4.78 is 26.5. The second kappa shape index (κ2) is 4.70. The van der Waals surface area contributed by atoms with Crippen molar-refractivity contribution in [2.24, 2.45) is 0 Å². The summed E-state index contributed by atoms with van der Waals surface area (Å²) in [7, 11) is 0. The van der Waals surface area contributed by atoms with Gasteiger partial charge in [0.2, 0.25) is 0 Å². The van der Waals surface area contributed by atoms with E-state index in [1.807, 2.05) is 0 Å². The topological polar surface area (TPSA) is 37.3 Å². The number of carboxylic acid groups (broad SMARTS) is 1. The Morgan fingerprint density at radius 2 is 2.07 bits per heavy atom. The van der Waals surface area contributed by atoms with Crippen LogP contribution in [0.2, 0.25) is 0 Å². The van der Waals surface area contributed by atoms with Crippen LogP contribution in [0.1, 0.15) is 24.8 Å². The minimum atomic E-state index is -1.15. The van der Waals surface area contributed by atoms with E-state index in [2.05, 4.69) is 15.9 Å². The SMILES string of the molecule is CCC(C(=O)O)c1cc(F)c(Br)cc1F. The van der Waals surface area contributed by atoms with Gasteiger partial charge in [0.25, 0.3) is 0 Å². The Morgan fingerprint density at radius 1 is 1.47 bits per heavy atom. The molecule has 0 aliphatic carbocycles. The summed E-state index contributed by atoms with van der Waals surface area (Å²) in [5, 5.41) is 8.81. The van der Waals surface area contributed by atoms with Gasteiger partial charge in [0.1, 0.15) is 11.6 Å². The Kier molecular flexibility index (Phi) is 3.79. The fraction of sp³-hybridized carbons (Fsp3) is 0.300. The lowest BCUT2D eigenvalue weighted by Gasteiger charge is -2.11. The van der Waals surface area contributed by atoms with Gasteiger partial charge in [0.05, 0.1) is 10.4 Å². The Hall–Kier alpha value is -0.970. The largest absolute Gasteiger partial charge is 0.481 e. The zero-order chi connectivity index (χ0) is 11.6. The molecule has 0 radical (unpaired) electrons. The maximum absolute atomic E-state index is 13.4. The molecule has 1 rings (SSSR count). The summed E-state index contributed by atoms with van der Waals surface area (Å²) in [6, 6.07) is 1.86. The highest BCUT2D eigenvalue weighted by molar-refractivity contribution is 9.10. The monoisotopic (exact) mass is 278 g/mol. The number of carboxylic acids is 1. The predicted octanol–water partition coefficient (Wildman–Crippen LogP) is 3.31. The molecule has 0 aliphatic heterocycles. The van der Waals surface area contributed by atoms with Gasteiger partial charge in [-0.05, 0) is 34.5 Å². The van der Waals surface area contributed by atoms with Gasteiger partial charge in [0.15, 0.2) is 0 Å². The van der Waals surface area contributed by atoms with Crippen LogP contribution in [0.25, 0.3) is 0 Å². The number of benzene rings is 1. The highest BCUT2D eigenvalue weighted by Gasteiger charge is 2.22. The Balaban J connectivity index is 3.24. The maximum Gasteiger partial charge on any atom is 0.311 e. The molecule has 1 unspecified atom stereocenters. The highest BCUT2D eigenvalue weighted by atomic mass is 79.9. The Labute approximate surface area is 94.0 Å². The minimum absolute atomic E-state index is 0.0102. The van der Waals surface area contributed by atoms with Crippen molar-refractivity contribution in [1.82, 2.24) is 0 Å². The first-order valence-electron chi connectivity index (χ1n) is 4.34. The zero-order valence-electron chi connectivity index (χ0n) is 7.93. The fourth-order valence-corrected chi connectivity index (χ4v) is 1.65. The van der Waals surface area contributed by atoms with Gasteiger partial charge in [-0.1, -0.05) is 6.92 Å². The molecule has 0 aliphatic rings. The Bertz CT molecular complexity index is 393. The molecule has 1 N–H and O–H groups in total. The lowest BCUT2D eigenvalue weighted by atomic mass is 9.96. The molecule has 82 valence electrons. The fourth-order valence-electron chi connectivity index (χ4n) is 1.33. The highest BCUT2D eigenvalue weighted by Crippen LogP contribution is 2.27. The van der Waals surface area contributed by atoms with Crippen LogP contribution in [0, 0.1) is 11.6 Å². The van der Waals surface area contributed by atoms with Crippen molar-refractivity contribution in [2.45, 2.75) is 19.3 Å². The molecule has 0 saturated heterocycles. The number of carbonyl (C=O) groups is 1. The third-order valence-electron chi connectivity index (χ3n) is 2.12. The zero-order valence-corrected chi connectivity index (χ0v) is 9.51. The number of halogens is 3. The summed E-state index contributed by atoms with van der Waals surface area (Å²) in [6.45, 7) is 1.61. The quantitative estimate of drug-likeness (QED) is 0.862. The van der Waals surface area contributed by atoms with Gasteiger partial charge in [-0.25, -0.2) is 8.78 Å². The van der Waals surface area contributed by atoms with Crippen LogP contribution in [-0.2, 0) is 4.79 Å². The summed E-state index contributed by atoms with van der Waals surface area (Å²) in [5.41, 5.74) is -0.120. The van der Waals surface area contributed by atoms with E-state index < -0.39 is 23.5 Å². The van der Waals surface area contributed by atoms with E-state index in [4.69, 9.17) is 5.11 Å². The lowest BCUT2D eigenvalue weighted by Crippen LogP contribution is -2.12. The molecule has 2 nitrogen and oxygen atoms in total. The van der Waals surface area contributed by atoms with Gasteiger partial charge in [-0.3, -0.25) is 4.79 Å². The molecule has 1 aromatic carbocycles. The molecule has 0 bridgehead atoms. The van der Waals surface area contributed by atoms with E-state index in [0.717, 1.165) is 12.1 Å². The number of aliphatic carboxylic acids is 1. The Morgan fingerprint density at radius 3 is 2.53 bits per heavy atom. The molecule has 15 heavy (non-hydrogen) atoms. The average Bonchev–Trinajstić information content (AvgIpc) is 2.14. The first-order valence-corrected chi connectivity index (χ1v) is 5.14. The molecular formula is C10H9BrF2O2. The molecule has 0 aromatic heterocycles. The van der Waals surface area contributed by atoms with Crippen molar-refractivity contribution in [3.8, 4) is 0 Å². The van der Waals surface area contributed by atoms with Crippen molar-refractivity contribution in [2.75, 3.05) is 0 Å². The molecule has 1 atom stereocenters. The number of hydrogen-bond donors (Lipinski definition) is 1. The lowest BCUT2D eigenvalue weighted by molar-refractivity contribution is -0.138. The molecular weight excluding hydrogens is 270 g/mol. The van der Waals surface area contributed by atoms with E-state index in [1.165, 1.54) is 0 Å². The molecule has 0 amide bonds. The first kappa shape index (κ1) is 12.1. The third kappa shape index (κ3) is 2.53. The normalized spacial score (nSPS) is 12.5. The summed E-state index contributed by atoms with van der Waals surface area (Å²) in [4.78, 5) is 10.8. The second-order valence-electron chi connectivity index (χ2n) is 3.09. The van der Waals surface area contributed by atoms with Crippen molar-refractivity contribution < 1.29 is 18.7 Å². The standard InChI is InChI=1S/C10H9BrF2O2/c1-2-5(10(14)15)6-3-9(13)7(11)4-8(6)12/h3-5H,2H2,1H3,(H,14,15). The molecule has 0 spiro atoms. The van der Waals surface area contributed by atoms with Crippen molar-refractivity contribution >= 4 is 21.9 Å². The van der Waals surface area contributed by atoms with Crippen molar-refractivity contribution in [3.63, 3.8) is 0 Å². The van der Waals surface area contributed by atoms with E-state index in [9.17, 15) is 13.6 Å². The van der Waals surface area contributed by atoms with E-state index >= 15 is 0 Å². The molecule has 0 saturated carbocycles. The molecule has 1 aromatic rings. The average molecular weight is 279 g/mol. The van der Waals surface area contributed by atoms with Crippen LogP contribution in [0.3, 0.4) is 0 Å². The van der Waals surface area contributed by atoms with Crippen LogP contribution >= 0.6 is 15.9 Å². The van der Waals surface area contributed by atoms with Gasteiger partial charge < -0.3 is 5.11 Å². The summed E-state index contributed by atoms with van der Waals surface area (Å²) in [5.74, 6) is -3.53. The van der Waals surface area contributed by atoms with Gasteiger partial charge in [-0.2, -0.15) is 0 Å². The smallest absolute Gasteiger partial charge is 0.311 e. The van der Waals surface area contributed by atoms with Crippen LogP contribution in [0.15, 0.2) is 16.6 Å². The first-order chi connectivity index (χ1) is 6.97. The molecule has 0 fully saturated rings. The summed E-state index contributed by atoms with van der Waals surface area (Å²) >= 11 is 2.83. The third-order valence-corrected chi connectivity index (χ3v) is 2.73. The van der Waals surface area contributed by atoms with Crippen LogP contribution in [-0.4, -0.2) is 11.1 Å². The maximum atomic E-state index is 13.4. The van der Waals surface area contributed by atoms with E-state index in [1.54, 1.807) is 6.92 Å². The van der Waals surface area contributed by atoms with Gasteiger partial charge in [-0.15, -0.1) is 0 Å². The number of hydrogen-bond acceptors (Lipinski definition) is 1. The number of rotatable bonds is 3. The molecule has 0 heterocycles. The van der Waals surface area contributed by atoms with Crippen molar-refractivity contribution in [3.05, 3.63) is 33.8 Å². The van der Waals surface area contributed by atoms with Gasteiger partial charge in [0, 0.05) is 5.56 Å². The second-order valence-corrected chi connectivity index (χ2v) is 3.94. The van der Waals surface area contributed by atoms with E-state index in [-0.39, 0.29) is 16.5 Å². The molecule has 5 heteroatoms. The van der Waals surface area contributed by atoms with Crippen molar-refractivity contribution in [1.29, 1.82) is 0 Å². The predicted molar refractivity (Wildman–Crippen MR) is 54.7 cm³/mol. The minimum Gasteiger partial charge on any atom is -0.481 e. The van der Waals surface area contributed by atoms with Crippen LogP contribution in [0.5, 0.6) is 0 Å².